The average molecular weight is 166 g/mol. The number of rotatable bonds is 3. The first-order valence-corrected chi connectivity index (χ1v) is 3.42. The van der Waals surface area contributed by atoms with Crippen LogP contribution in [-0.2, 0) is 0 Å². The van der Waals surface area contributed by atoms with Crippen molar-refractivity contribution >= 4 is 6.08 Å². The molecule has 0 fully saturated rings. The molecule has 0 aliphatic heterocycles. The second-order valence-corrected chi connectivity index (χ2v) is 2.19. The molecule has 0 heterocycles. The molecule has 0 radical (unpaired) electrons. The SMILES string of the molecule is C=Cc1ccc(O[NH+](N)[O-])cc1. The van der Waals surface area contributed by atoms with Gasteiger partial charge in [-0.05, 0) is 17.7 Å². The van der Waals surface area contributed by atoms with Crippen molar-refractivity contribution in [3.05, 3.63) is 41.6 Å². The van der Waals surface area contributed by atoms with E-state index in [1.54, 1.807) is 30.3 Å². The summed E-state index contributed by atoms with van der Waals surface area (Å²) in [4.78, 5) is 4.62. The Bertz CT molecular complexity index is 256. The van der Waals surface area contributed by atoms with Crippen molar-refractivity contribution in [1.29, 1.82) is 0 Å². The lowest BCUT2D eigenvalue weighted by Crippen LogP contribution is -3.15. The third-order valence-corrected chi connectivity index (χ3v) is 1.33. The summed E-state index contributed by atoms with van der Waals surface area (Å²) in [6.07, 6.45) is 1.70. The Kier molecular flexibility index (Phi) is 2.82. The molecule has 0 saturated carbocycles. The first-order chi connectivity index (χ1) is 5.72. The molecule has 0 amide bonds. The molecule has 0 spiro atoms. The lowest BCUT2D eigenvalue weighted by atomic mass is 10.2. The average Bonchev–Trinajstić information content (AvgIpc) is 2.05. The highest BCUT2D eigenvalue weighted by Gasteiger charge is 1.95. The summed E-state index contributed by atoms with van der Waals surface area (Å²) >= 11 is 0. The highest BCUT2D eigenvalue weighted by Crippen LogP contribution is 2.10. The van der Waals surface area contributed by atoms with Crippen molar-refractivity contribution in [2.45, 2.75) is 0 Å². The normalized spacial score (nSPS) is 12.2. The van der Waals surface area contributed by atoms with Crippen LogP contribution in [0.15, 0.2) is 30.8 Å². The molecule has 1 rings (SSSR count). The van der Waals surface area contributed by atoms with E-state index in [2.05, 4.69) is 11.4 Å². The standard InChI is InChI=1S/C8H10N2O2/c1-2-7-3-5-8(6-4-7)12-10(9)11/h2-6,10H,1,9H2. The van der Waals surface area contributed by atoms with Crippen LogP contribution in [0.25, 0.3) is 6.08 Å². The van der Waals surface area contributed by atoms with E-state index in [0.717, 1.165) is 5.56 Å². The molecule has 4 nitrogen and oxygen atoms in total. The summed E-state index contributed by atoms with van der Waals surface area (Å²) in [6, 6.07) is 6.88. The van der Waals surface area contributed by atoms with Gasteiger partial charge < -0.3 is 5.21 Å². The van der Waals surface area contributed by atoms with Gasteiger partial charge in [-0.3, -0.25) is 4.84 Å². The van der Waals surface area contributed by atoms with Gasteiger partial charge in [-0.2, -0.15) is 0 Å². The lowest BCUT2D eigenvalue weighted by molar-refractivity contribution is -1.03. The van der Waals surface area contributed by atoms with Crippen LogP contribution < -0.4 is 16.0 Å². The maximum Gasteiger partial charge on any atom is 0.193 e. The van der Waals surface area contributed by atoms with Crippen molar-refractivity contribution in [3.8, 4) is 5.75 Å². The van der Waals surface area contributed by atoms with Gasteiger partial charge in [0.2, 0.25) is 0 Å². The van der Waals surface area contributed by atoms with E-state index in [9.17, 15) is 5.21 Å². The van der Waals surface area contributed by atoms with Gasteiger partial charge in [-0.15, -0.1) is 11.2 Å². The third-order valence-electron chi connectivity index (χ3n) is 1.33. The van der Waals surface area contributed by atoms with Crippen molar-refractivity contribution in [2.24, 2.45) is 5.84 Å². The van der Waals surface area contributed by atoms with Crippen LogP contribution in [0.1, 0.15) is 5.56 Å². The van der Waals surface area contributed by atoms with Crippen LogP contribution >= 0.6 is 0 Å². The number of benzene rings is 1. The number of hydrogen-bond donors (Lipinski definition) is 2. The molecule has 0 bridgehead atoms. The van der Waals surface area contributed by atoms with Crippen molar-refractivity contribution in [3.63, 3.8) is 0 Å². The molecule has 0 aromatic heterocycles. The van der Waals surface area contributed by atoms with Crippen molar-refractivity contribution < 1.29 is 10.2 Å². The smallest absolute Gasteiger partial charge is 0.193 e. The Hall–Kier alpha value is -1.36. The number of nitrogens with one attached hydrogen (secondary N) is 1. The molecule has 64 valence electrons. The van der Waals surface area contributed by atoms with Crippen molar-refractivity contribution in [2.75, 3.05) is 0 Å². The maximum atomic E-state index is 10.3. The molecular formula is C8H10N2O2. The molecule has 3 N–H and O–H groups in total. The van der Waals surface area contributed by atoms with Crippen molar-refractivity contribution in [1.82, 2.24) is 0 Å². The van der Waals surface area contributed by atoms with Crippen LogP contribution in [-0.4, -0.2) is 0 Å². The highest BCUT2D eigenvalue weighted by molar-refractivity contribution is 5.48. The van der Waals surface area contributed by atoms with E-state index in [1.165, 1.54) is 0 Å². The summed E-state index contributed by atoms with van der Waals surface area (Å²) < 4.78 is 0. The number of nitrogens with two attached hydrogens (primary N) is 1. The molecule has 0 aliphatic carbocycles. The lowest BCUT2D eigenvalue weighted by Gasteiger charge is -2.12. The Morgan fingerprint density at radius 1 is 1.42 bits per heavy atom. The minimum atomic E-state index is -0.804. The van der Waals surface area contributed by atoms with E-state index in [0.29, 0.717) is 5.75 Å². The fourth-order valence-electron chi connectivity index (χ4n) is 0.788. The van der Waals surface area contributed by atoms with Gasteiger partial charge in [-0.25, -0.2) is 0 Å². The molecular weight excluding hydrogens is 156 g/mol. The molecule has 0 aliphatic rings. The van der Waals surface area contributed by atoms with Crippen LogP contribution in [0.2, 0.25) is 0 Å². The second kappa shape index (κ2) is 3.87. The Labute approximate surface area is 70.4 Å². The van der Waals surface area contributed by atoms with Crippen LogP contribution in [0.5, 0.6) is 5.75 Å². The number of quaternary nitrogens is 1. The zero-order valence-corrected chi connectivity index (χ0v) is 6.49. The highest BCUT2D eigenvalue weighted by atomic mass is 16.9. The van der Waals surface area contributed by atoms with Gasteiger partial charge >= 0.3 is 0 Å². The monoisotopic (exact) mass is 166 g/mol. The second-order valence-electron chi connectivity index (χ2n) is 2.19. The predicted octanol–water partition coefficient (Wildman–Crippen LogP) is -0.120. The van der Waals surface area contributed by atoms with Gasteiger partial charge in [0.25, 0.3) is 0 Å². The summed E-state index contributed by atoms with van der Waals surface area (Å²) in [6.45, 7) is 3.59. The van der Waals surface area contributed by atoms with E-state index in [-0.39, 0.29) is 0 Å². The summed E-state index contributed by atoms with van der Waals surface area (Å²) in [5.41, 5.74) is 0.965. The maximum absolute atomic E-state index is 10.3. The third kappa shape index (κ3) is 2.35. The Morgan fingerprint density at radius 3 is 2.42 bits per heavy atom. The first-order valence-electron chi connectivity index (χ1n) is 3.42. The van der Waals surface area contributed by atoms with Gasteiger partial charge in [0.1, 0.15) is 0 Å². The zero-order chi connectivity index (χ0) is 8.97. The molecule has 4 heteroatoms. The predicted molar refractivity (Wildman–Crippen MR) is 45.7 cm³/mol. The molecule has 1 atom stereocenters. The molecule has 0 saturated heterocycles. The zero-order valence-electron chi connectivity index (χ0n) is 6.49. The Balaban J connectivity index is 2.71. The largest absolute Gasteiger partial charge is 0.570 e. The van der Waals surface area contributed by atoms with E-state index >= 15 is 0 Å². The molecule has 1 aromatic carbocycles. The summed E-state index contributed by atoms with van der Waals surface area (Å²) in [7, 11) is 0. The quantitative estimate of drug-likeness (QED) is 0.486. The van der Waals surface area contributed by atoms with E-state index < -0.39 is 5.34 Å². The fourth-order valence-corrected chi connectivity index (χ4v) is 0.788. The van der Waals surface area contributed by atoms with Gasteiger partial charge in [0.05, 0.1) is 0 Å². The van der Waals surface area contributed by atoms with Gasteiger partial charge in [-0.1, -0.05) is 24.8 Å². The fraction of sp³-hybridized carbons (Fsp3) is 0. The summed E-state index contributed by atoms with van der Waals surface area (Å²) in [5, 5.41) is 9.50. The van der Waals surface area contributed by atoms with Crippen LogP contribution in [0, 0.1) is 5.21 Å². The first kappa shape index (κ1) is 8.73. The minimum absolute atomic E-state index is 0.438. The van der Waals surface area contributed by atoms with Crippen LogP contribution in [0.3, 0.4) is 0 Å². The summed E-state index contributed by atoms with van der Waals surface area (Å²) in [5.74, 6) is 5.25. The topological polar surface area (TPSA) is 62.8 Å². The Morgan fingerprint density at radius 2 is 2.00 bits per heavy atom. The van der Waals surface area contributed by atoms with E-state index in [4.69, 9.17) is 5.84 Å². The number of hydrogen-bond acceptors (Lipinski definition) is 3. The van der Waals surface area contributed by atoms with Gasteiger partial charge in [0, 0.05) is 0 Å². The molecule has 1 unspecified atom stereocenters. The molecule has 12 heavy (non-hydrogen) atoms. The van der Waals surface area contributed by atoms with Crippen LogP contribution in [0.4, 0.5) is 0 Å². The minimum Gasteiger partial charge on any atom is -0.570 e. The molecule has 1 aromatic rings. The van der Waals surface area contributed by atoms with E-state index in [1.807, 2.05) is 0 Å². The van der Waals surface area contributed by atoms with Gasteiger partial charge in [0.15, 0.2) is 5.75 Å².